The average Bonchev–Trinajstić information content (AvgIpc) is 2.47. The van der Waals surface area contributed by atoms with Crippen LogP contribution in [0.4, 0.5) is 5.69 Å². The first kappa shape index (κ1) is 16.5. The van der Waals surface area contributed by atoms with Gasteiger partial charge in [0.25, 0.3) is 0 Å². The summed E-state index contributed by atoms with van der Waals surface area (Å²) in [5.41, 5.74) is 3.08. The number of hydrogen-bond donors (Lipinski definition) is 0. The van der Waals surface area contributed by atoms with Gasteiger partial charge in [-0.2, -0.15) is 0 Å². The average molecular weight is 304 g/mol. The first-order valence-electron chi connectivity index (χ1n) is 7.69. The molecular weight excluding hydrogens is 280 g/mol. The lowest BCUT2D eigenvalue weighted by atomic mass is 10.1. The van der Waals surface area contributed by atoms with Gasteiger partial charge < -0.3 is 14.5 Å². The number of hydrogen-bond acceptors (Lipinski definition) is 3. The minimum atomic E-state index is -0.0419. The van der Waals surface area contributed by atoms with Crippen molar-refractivity contribution in [3.8, 4) is 0 Å². The first-order valence-corrected chi connectivity index (χ1v) is 7.69. The highest BCUT2D eigenvalue weighted by atomic mass is 16.5. The van der Waals surface area contributed by atoms with Gasteiger partial charge >= 0.3 is 0 Å². The number of anilines is 1. The van der Waals surface area contributed by atoms with Crippen LogP contribution in [-0.4, -0.2) is 49.6 Å². The molecule has 1 aliphatic heterocycles. The van der Waals surface area contributed by atoms with E-state index in [0.717, 1.165) is 16.8 Å². The van der Waals surface area contributed by atoms with Crippen LogP contribution in [0.25, 0.3) is 0 Å². The van der Waals surface area contributed by atoms with E-state index in [1.807, 2.05) is 30.9 Å². The quantitative estimate of drug-likeness (QED) is 0.854. The van der Waals surface area contributed by atoms with Crippen LogP contribution in [0.15, 0.2) is 18.2 Å². The van der Waals surface area contributed by atoms with E-state index in [4.69, 9.17) is 4.74 Å². The normalized spacial score (nSPS) is 14.8. The van der Waals surface area contributed by atoms with Crippen molar-refractivity contribution in [1.82, 2.24) is 4.90 Å². The van der Waals surface area contributed by atoms with Gasteiger partial charge in [-0.15, -0.1) is 0 Å². The van der Waals surface area contributed by atoms with E-state index >= 15 is 0 Å². The van der Waals surface area contributed by atoms with Gasteiger partial charge in [-0.25, -0.2) is 0 Å². The summed E-state index contributed by atoms with van der Waals surface area (Å²) in [6.45, 7) is 8.44. The summed E-state index contributed by atoms with van der Waals surface area (Å²) >= 11 is 0. The van der Waals surface area contributed by atoms with Crippen LogP contribution in [0.3, 0.4) is 0 Å². The van der Waals surface area contributed by atoms with Crippen molar-refractivity contribution in [1.29, 1.82) is 0 Å². The lowest BCUT2D eigenvalue weighted by Crippen LogP contribution is -2.42. The number of ether oxygens (including phenoxy) is 1. The predicted molar refractivity (Wildman–Crippen MR) is 86.0 cm³/mol. The van der Waals surface area contributed by atoms with Crippen LogP contribution in [0.1, 0.15) is 24.5 Å². The Morgan fingerprint density at radius 1 is 1.14 bits per heavy atom. The van der Waals surface area contributed by atoms with Gasteiger partial charge in [0.1, 0.15) is 0 Å². The Labute approximate surface area is 131 Å². The molecule has 1 aromatic carbocycles. The number of benzene rings is 1. The van der Waals surface area contributed by atoms with Crippen LogP contribution in [0, 0.1) is 13.8 Å². The number of carbonyl (C=O) groups excluding carboxylic acids is 2. The minimum absolute atomic E-state index is 0.0419. The molecule has 5 nitrogen and oxygen atoms in total. The number of nitrogens with zero attached hydrogens (tertiary/aromatic N) is 2. The van der Waals surface area contributed by atoms with Crippen molar-refractivity contribution in [2.24, 2.45) is 0 Å². The number of aryl methyl sites for hydroxylation is 2. The fraction of sp³-hybridized carbons (Fsp3) is 0.529. The van der Waals surface area contributed by atoms with Gasteiger partial charge in [0, 0.05) is 38.7 Å². The van der Waals surface area contributed by atoms with E-state index in [0.29, 0.717) is 39.3 Å². The van der Waals surface area contributed by atoms with Gasteiger partial charge in [-0.05, 0) is 37.1 Å². The van der Waals surface area contributed by atoms with Gasteiger partial charge in [0.2, 0.25) is 11.8 Å². The zero-order valence-corrected chi connectivity index (χ0v) is 13.6. The molecule has 1 saturated heterocycles. The number of rotatable bonds is 4. The van der Waals surface area contributed by atoms with Crippen molar-refractivity contribution < 1.29 is 14.3 Å². The van der Waals surface area contributed by atoms with Crippen LogP contribution in [0.2, 0.25) is 0 Å². The SMILES string of the molecule is CC(=O)N(CCC(=O)N1CCOCC1)c1cc(C)cc(C)c1. The van der Waals surface area contributed by atoms with Gasteiger partial charge in [0.05, 0.1) is 13.2 Å². The first-order chi connectivity index (χ1) is 10.5. The molecule has 0 saturated carbocycles. The number of amides is 2. The van der Waals surface area contributed by atoms with Crippen LogP contribution in [0.5, 0.6) is 0 Å². The van der Waals surface area contributed by atoms with Crippen LogP contribution >= 0.6 is 0 Å². The molecule has 0 N–H and O–H groups in total. The summed E-state index contributed by atoms with van der Waals surface area (Å²) in [6.07, 6.45) is 0.340. The van der Waals surface area contributed by atoms with Crippen molar-refractivity contribution in [3.63, 3.8) is 0 Å². The van der Waals surface area contributed by atoms with Gasteiger partial charge in [0.15, 0.2) is 0 Å². The molecule has 0 radical (unpaired) electrons. The maximum Gasteiger partial charge on any atom is 0.224 e. The topological polar surface area (TPSA) is 49.9 Å². The fourth-order valence-corrected chi connectivity index (χ4v) is 2.75. The highest BCUT2D eigenvalue weighted by Crippen LogP contribution is 2.19. The second kappa shape index (κ2) is 7.40. The molecular formula is C17H24N2O3. The summed E-state index contributed by atoms with van der Waals surface area (Å²) in [7, 11) is 0. The second-order valence-electron chi connectivity index (χ2n) is 5.76. The summed E-state index contributed by atoms with van der Waals surface area (Å²) < 4.78 is 5.25. The summed E-state index contributed by atoms with van der Waals surface area (Å²) in [4.78, 5) is 27.6. The van der Waals surface area contributed by atoms with E-state index in [9.17, 15) is 9.59 Å². The summed E-state index contributed by atoms with van der Waals surface area (Å²) in [5.74, 6) is 0.0405. The zero-order valence-electron chi connectivity index (χ0n) is 13.6. The third-order valence-corrected chi connectivity index (χ3v) is 3.81. The monoisotopic (exact) mass is 304 g/mol. The van der Waals surface area contributed by atoms with Crippen molar-refractivity contribution >= 4 is 17.5 Å². The molecule has 5 heteroatoms. The Morgan fingerprint density at radius 3 is 2.27 bits per heavy atom. The van der Waals surface area contributed by atoms with E-state index in [-0.39, 0.29) is 11.8 Å². The molecule has 2 amide bonds. The Hall–Kier alpha value is -1.88. The van der Waals surface area contributed by atoms with E-state index in [1.54, 1.807) is 4.90 Å². The molecule has 22 heavy (non-hydrogen) atoms. The molecule has 0 bridgehead atoms. The van der Waals surface area contributed by atoms with Crippen molar-refractivity contribution in [2.75, 3.05) is 37.7 Å². The molecule has 0 atom stereocenters. The predicted octanol–water partition coefficient (Wildman–Crippen LogP) is 1.91. The van der Waals surface area contributed by atoms with E-state index in [1.165, 1.54) is 6.92 Å². The Morgan fingerprint density at radius 2 is 1.73 bits per heavy atom. The Kier molecular flexibility index (Phi) is 5.55. The highest BCUT2D eigenvalue weighted by molar-refractivity contribution is 5.92. The van der Waals surface area contributed by atoms with Gasteiger partial charge in [-0.1, -0.05) is 6.07 Å². The van der Waals surface area contributed by atoms with Crippen molar-refractivity contribution in [2.45, 2.75) is 27.2 Å². The third kappa shape index (κ3) is 4.31. The highest BCUT2D eigenvalue weighted by Gasteiger charge is 2.19. The molecule has 0 spiro atoms. The molecule has 1 aliphatic rings. The second-order valence-corrected chi connectivity index (χ2v) is 5.76. The molecule has 120 valence electrons. The fourth-order valence-electron chi connectivity index (χ4n) is 2.75. The molecule has 1 aromatic rings. The maximum atomic E-state index is 12.2. The largest absolute Gasteiger partial charge is 0.378 e. The molecule has 2 rings (SSSR count). The number of carbonyl (C=O) groups is 2. The molecule has 0 aromatic heterocycles. The Balaban J connectivity index is 2.02. The smallest absolute Gasteiger partial charge is 0.224 e. The molecule has 0 aliphatic carbocycles. The Bertz CT molecular complexity index is 531. The van der Waals surface area contributed by atoms with Crippen molar-refractivity contribution in [3.05, 3.63) is 29.3 Å². The summed E-state index contributed by atoms with van der Waals surface area (Å²) in [5, 5.41) is 0. The molecule has 1 fully saturated rings. The summed E-state index contributed by atoms with van der Waals surface area (Å²) in [6, 6.07) is 6.03. The lowest BCUT2D eigenvalue weighted by molar-refractivity contribution is -0.135. The molecule has 1 heterocycles. The molecule has 0 unspecified atom stereocenters. The standard InChI is InChI=1S/C17H24N2O3/c1-13-10-14(2)12-16(11-13)19(15(3)20)5-4-17(21)18-6-8-22-9-7-18/h10-12H,4-9H2,1-3H3. The lowest BCUT2D eigenvalue weighted by Gasteiger charge is -2.28. The minimum Gasteiger partial charge on any atom is -0.378 e. The zero-order chi connectivity index (χ0) is 16.1. The third-order valence-electron chi connectivity index (χ3n) is 3.81. The van der Waals surface area contributed by atoms with E-state index < -0.39 is 0 Å². The van der Waals surface area contributed by atoms with Gasteiger partial charge in [-0.3, -0.25) is 9.59 Å². The van der Waals surface area contributed by atoms with Crippen LogP contribution in [-0.2, 0) is 14.3 Å². The van der Waals surface area contributed by atoms with Crippen LogP contribution < -0.4 is 4.90 Å². The number of morpholine rings is 1. The van der Waals surface area contributed by atoms with E-state index in [2.05, 4.69) is 6.07 Å². The maximum absolute atomic E-state index is 12.2.